The van der Waals surface area contributed by atoms with Crippen LogP contribution in [0, 0.1) is 11.8 Å². The first-order valence-electron chi connectivity index (χ1n) is 10.7. The van der Waals surface area contributed by atoms with Gasteiger partial charge in [0, 0.05) is 24.7 Å². The van der Waals surface area contributed by atoms with Crippen LogP contribution in [0.1, 0.15) is 52.0 Å². The van der Waals surface area contributed by atoms with Gasteiger partial charge >= 0.3 is 5.69 Å². The number of aromatic amines is 2. The highest BCUT2D eigenvalue weighted by atomic mass is 32.2. The van der Waals surface area contributed by atoms with Gasteiger partial charge in [-0.05, 0) is 43.6 Å². The molecule has 8 heteroatoms. The van der Waals surface area contributed by atoms with Crippen LogP contribution in [0.2, 0.25) is 0 Å². The number of nitrogens with zero attached hydrogens (tertiary/aromatic N) is 3. The van der Waals surface area contributed by atoms with Gasteiger partial charge in [0.2, 0.25) is 0 Å². The van der Waals surface area contributed by atoms with Crippen LogP contribution in [-0.2, 0) is 11.0 Å². The largest absolute Gasteiger partial charge is 0.346 e. The van der Waals surface area contributed by atoms with E-state index in [1.54, 1.807) is 6.20 Å². The van der Waals surface area contributed by atoms with Gasteiger partial charge in [-0.2, -0.15) is 0 Å². The van der Waals surface area contributed by atoms with E-state index < -0.39 is 11.0 Å². The van der Waals surface area contributed by atoms with Crippen molar-refractivity contribution in [3.63, 3.8) is 0 Å². The first kappa shape index (κ1) is 19.1. The summed E-state index contributed by atoms with van der Waals surface area (Å²) in [5.74, 6) is 1.14. The molecule has 4 unspecified atom stereocenters. The Hall–Kier alpha value is -1.93. The molecular weight excluding hydrogens is 386 g/mol. The topological polar surface area (TPSA) is 86.8 Å². The molecule has 1 saturated heterocycles. The van der Waals surface area contributed by atoms with Crippen molar-refractivity contribution in [2.75, 3.05) is 13.1 Å². The minimum absolute atomic E-state index is 0.0192. The fraction of sp³-hybridized carbons (Fsp3) is 0.619. The SMILES string of the molecule is CC1CCC(C)C(S(=O)N2CCC[C@@H](n3c(=O)[nH]c4cnc5[nH]ccc5c43)C2)C1. The third-order valence-corrected chi connectivity index (χ3v) is 8.90. The number of imidazole rings is 1. The molecule has 1 aliphatic heterocycles. The van der Waals surface area contributed by atoms with E-state index in [1.807, 2.05) is 16.8 Å². The second-order valence-electron chi connectivity index (χ2n) is 8.95. The average Bonchev–Trinajstić information content (AvgIpc) is 3.32. The maximum Gasteiger partial charge on any atom is 0.326 e. The zero-order chi connectivity index (χ0) is 20.1. The molecule has 3 aromatic rings. The number of pyridine rings is 1. The van der Waals surface area contributed by atoms with Gasteiger partial charge in [-0.1, -0.05) is 20.3 Å². The third-order valence-electron chi connectivity index (χ3n) is 6.88. The van der Waals surface area contributed by atoms with Crippen molar-refractivity contribution in [2.24, 2.45) is 11.8 Å². The minimum Gasteiger partial charge on any atom is -0.346 e. The van der Waals surface area contributed by atoms with E-state index in [9.17, 15) is 9.00 Å². The molecule has 4 heterocycles. The third kappa shape index (κ3) is 3.26. The standard InChI is InChI=1S/C21H29N5O2S/c1-13-5-6-14(2)18(10-13)29(28)25-9-3-4-15(12-25)26-19-16-7-8-22-20(16)23-11-17(19)24-21(26)27/h7-8,11,13-15,18H,3-6,9-10,12H2,1-2H3,(H,22,23)(H,24,27)/t13?,14?,15-,18?,29?/m1/s1. The molecule has 5 atom stereocenters. The predicted molar refractivity (Wildman–Crippen MR) is 116 cm³/mol. The summed E-state index contributed by atoms with van der Waals surface area (Å²) in [6.45, 7) is 6.02. The van der Waals surface area contributed by atoms with Gasteiger partial charge in [-0.3, -0.25) is 4.57 Å². The van der Waals surface area contributed by atoms with Crippen LogP contribution in [0.4, 0.5) is 0 Å². The Morgan fingerprint density at radius 3 is 2.97 bits per heavy atom. The number of nitrogens with one attached hydrogen (secondary N) is 2. The molecule has 5 rings (SSSR count). The van der Waals surface area contributed by atoms with E-state index in [-0.39, 0.29) is 17.0 Å². The van der Waals surface area contributed by atoms with Crippen molar-refractivity contribution < 1.29 is 4.21 Å². The lowest BCUT2D eigenvalue weighted by Gasteiger charge is -2.38. The van der Waals surface area contributed by atoms with Crippen LogP contribution >= 0.6 is 0 Å². The molecule has 29 heavy (non-hydrogen) atoms. The zero-order valence-electron chi connectivity index (χ0n) is 17.1. The molecule has 2 aliphatic rings. The molecule has 0 radical (unpaired) electrons. The molecule has 2 N–H and O–H groups in total. The Kier molecular flexibility index (Phi) is 4.86. The highest BCUT2D eigenvalue weighted by Gasteiger charge is 2.36. The summed E-state index contributed by atoms with van der Waals surface area (Å²) in [6, 6.07) is 1.99. The van der Waals surface area contributed by atoms with Gasteiger partial charge in [-0.15, -0.1) is 0 Å². The Morgan fingerprint density at radius 2 is 2.10 bits per heavy atom. The summed E-state index contributed by atoms with van der Waals surface area (Å²) in [7, 11) is -0.996. The van der Waals surface area contributed by atoms with Crippen LogP contribution in [-0.4, -0.2) is 46.4 Å². The van der Waals surface area contributed by atoms with E-state index in [0.29, 0.717) is 18.4 Å². The predicted octanol–water partition coefficient (Wildman–Crippen LogP) is 3.33. The number of piperidine rings is 1. The summed E-state index contributed by atoms with van der Waals surface area (Å²) >= 11 is 0. The van der Waals surface area contributed by atoms with Crippen LogP contribution < -0.4 is 5.69 Å². The molecule has 3 aromatic heterocycles. The molecular formula is C21H29N5O2S. The number of H-pyrrole nitrogens is 2. The molecule has 1 saturated carbocycles. The zero-order valence-corrected chi connectivity index (χ0v) is 17.9. The fourth-order valence-corrected chi connectivity index (χ4v) is 7.26. The first-order chi connectivity index (χ1) is 14.0. The lowest BCUT2D eigenvalue weighted by Crippen LogP contribution is -2.45. The second-order valence-corrected chi connectivity index (χ2v) is 10.6. The maximum absolute atomic E-state index is 13.5. The lowest BCUT2D eigenvalue weighted by atomic mass is 9.84. The molecule has 0 amide bonds. The van der Waals surface area contributed by atoms with Crippen LogP contribution in [0.25, 0.3) is 22.1 Å². The Bertz CT molecular complexity index is 1120. The van der Waals surface area contributed by atoms with Gasteiger partial charge in [0.1, 0.15) is 5.65 Å². The summed E-state index contributed by atoms with van der Waals surface area (Å²) < 4.78 is 17.5. The van der Waals surface area contributed by atoms with Crippen molar-refractivity contribution in [1.29, 1.82) is 0 Å². The number of rotatable bonds is 3. The van der Waals surface area contributed by atoms with Gasteiger partial charge < -0.3 is 9.97 Å². The highest BCUT2D eigenvalue weighted by Crippen LogP contribution is 2.35. The van der Waals surface area contributed by atoms with E-state index in [1.165, 1.54) is 6.42 Å². The molecule has 0 bridgehead atoms. The molecule has 1 aliphatic carbocycles. The molecule has 2 fully saturated rings. The number of fused-ring (bicyclic) bond motifs is 3. The summed E-state index contributed by atoms with van der Waals surface area (Å²) in [5, 5.41) is 1.19. The Balaban J connectivity index is 1.47. The molecule has 0 spiro atoms. The monoisotopic (exact) mass is 415 g/mol. The van der Waals surface area contributed by atoms with Crippen LogP contribution in [0.3, 0.4) is 0 Å². The van der Waals surface area contributed by atoms with E-state index in [0.717, 1.165) is 54.3 Å². The van der Waals surface area contributed by atoms with Gasteiger partial charge in [0.25, 0.3) is 0 Å². The lowest BCUT2D eigenvalue weighted by molar-refractivity contribution is 0.262. The Labute approximate surface area is 172 Å². The second kappa shape index (κ2) is 7.40. The maximum atomic E-state index is 13.5. The van der Waals surface area contributed by atoms with Gasteiger partial charge in [-0.25, -0.2) is 18.3 Å². The average molecular weight is 416 g/mol. The summed E-state index contributed by atoms with van der Waals surface area (Å²) in [4.78, 5) is 23.3. The molecule has 0 aromatic carbocycles. The summed E-state index contributed by atoms with van der Waals surface area (Å²) in [6.07, 6.45) is 8.89. The summed E-state index contributed by atoms with van der Waals surface area (Å²) in [5.41, 5.74) is 2.34. The van der Waals surface area contributed by atoms with Gasteiger partial charge in [0.15, 0.2) is 0 Å². The number of aromatic nitrogens is 4. The minimum atomic E-state index is -0.996. The highest BCUT2D eigenvalue weighted by molar-refractivity contribution is 7.83. The molecule has 156 valence electrons. The van der Waals surface area contributed by atoms with Crippen molar-refractivity contribution in [2.45, 2.75) is 57.2 Å². The number of hydrogen-bond donors (Lipinski definition) is 2. The van der Waals surface area contributed by atoms with Crippen LogP contribution in [0.5, 0.6) is 0 Å². The fourth-order valence-electron chi connectivity index (χ4n) is 5.22. The number of hydrogen-bond acceptors (Lipinski definition) is 3. The Morgan fingerprint density at radius 1 is 1.24 bits per heavy atom. The van der Waals surface area contributed by atoms with Crippen LogP contribution in [0.15, 0.2) is 23.3 Å². The van der Waals surface area contributed by atoms with Crippen molar-refractivity contribution in [3.8, 4) is 0 Å². The van der Waals surface area contributed by atoms with Crippen molar-refractivity contribution >= 4 is 33.1 Å². The van der Waals surface area contributed by atoms with E-state index in [2.05, 4.69) is 33.1 Å². The normalized spacial score (nSPS) is 30.1. The van der Waals surface area contributed by atoms with Crippen molar-refractivity contribution in [3.05, 3.63) is 28.9 Å². The van der Waals surface area contributed by atoms with Gasteiger partial charge in [0.05, 0.1) is 39.5 Å². The first-order valence-corrected chi connectivity index (χ1v) is 11.9. The quantitative estimate of drug-likeness (QED) is 0.688. The van der Waals surface area contributed by atoms with Crippen molar-refractivity contribution in [1.82, 2.24) is 23.8 Å². The van der Waals surface area contributed by atoms with E-state index in [4.69, 9.17) is 0 Å². The van der Waals surface area contributed by atoms with E-state index >= 15 is 0 Å². The smallest absolute Gasteiger partial charge is 0.326 e. The molecule has 7 nitrogen and oxygen atoms in total.